The van der Waals surface area contributed by atoms with Crippen LogP contribution in [0.1, 0.15) is 24.8 Å². The number of nitriles is 1. The zero-order valence-corrected chi connectivity index (χ0v) is 14.8. The minimum atomic E-state index is -0.0336. The monoisotopic (exact) mass is 339 g/mol. The second-order valence-electron chi connectivity index (χ2n) is 6.96. The van der Waals surface area contributed by atoms with Gasteiger partial charge in [-0.05, 0) is 32.0 Å². The maximum absolute atomic E-state index is 12.4. The van der Waals surface area contributed by atoms with E-state index in [1.54, 1.807) is 18.3 Å². The molecule has 2 fully saturated rings. The van der Waals surface area contributed by atoms with Gasteiger partial charge in [0.05, 0.1) is 11.6 Å². The number of carbonyl (C=O) groups excluding carboxylic acids is 1. The fourth-order valence-corrected chi connectivity index (χ4v) is 3.90. The molecule has 0 N–H and O–H groups in total. The molecule has 0 saturated carbocycles. The van der Waals surface area contributed by atoms with E-state index in [-0.39, 0.29) is 11.4 Å². The molecule has 0 aliphatic carbocycles. The van der Waals surface area contributed by atoms with Crippen molar-refractivity contribution in [3.05, 3.63) is 36.5 Å². The molecule has 132 valence electrons. The fourth-order valence-electron chi connectivity index (χ4n) is 3.90. The van der Waals surface area contributed by atoms with Gasteiger partial charge in [0.25, 0.3) is 0 Å². The molecule has 0 bridgehead atoms. The second-order valence-corrected chi connectivity index (χ2v) is 6.96. The zero-order valence-electron chi connectivity index (χ0n) is 14.8. The van der Waals surface area contributed by atoms with E-state index >= 15 is 0 Å². The molecule has 0 aromatic carbocycles. The maximum atomic E-state index is 12.4. The van der Waals surface area contributed by atoms with Crippen molar-refractivity contribution in [1.29, 1.82) is 5.26 Å². The molecule has 2 saturated heterocycles. The molecule has 3 rings (SSSR count). The molecule has 2 aliphatic rings. The van der Waals surface area contributed by atoms with Crippen LogP contribution in [0.25, 0.3) is 0 Å². The van der Waals surface area contributed by atoms with E-state index in [1.165, 1.54) is 0 Å². The maximum Gasteiger partial charge on any atom is 0.222 e. The summed E-state index contributed by atoms with van der Waals surface area (Å²) in [5.74, 6) is 1.07. The largest absolute Gasteiger partial charge is 0.353 e. The summed E-state index contributed by atoms with van der Waals surface area (Å²) < 4.78 is 0. The normalized spacial score (nSPS) is 24.9. The molecule has 25 heavy (non-hydrogen) atoms. The summed E-state index contributed by atoms with van der Waals surface area (Å²) in [4.78, 5) is 23.4. The summed E-state index contributed by atoms with van der Waals surface area (Å²) in [5.41, 5.74) is 0.597. The first kappa shape index (κ1) is 17.4. The van der Waals surface area contributed by atoms with Crippen molar-refractivity contribution in [3.63, 3.8) is 0 Å². The number of aromatic nitrogens is 1. The van der Waals surface area contributed by atoms with Gasteiger partial charge in [-0.1, -0.05) is 6.08 Å². The third-order valence-electron chi connectivity index (χ3n) is 5.55. The van der Waals surface area contributed by atoms with E-state index in [0.717, 1.165) is 44.8 Å². The number of pyridine rings is 1. The fraction of sp³-hybridized carbons (Fsp3) is 0.526. The molecule has 1 aromatic rings. The van der Waals surface area contributed by atoms with Crippen LogP contribution in [-0.2, 0) is 4.79 Å². The van der Waals surface area contributed by atoms with E-state index < -0.39 is 0 Å². The summed E-state index contributed by atoms with van der Waals surface area (Å²) in [6.07, 6.45) is 5.85. The number of piperazine rings is 1. The van der Waals surface area contributed by atoms with Gasteiger partial charge in [-0.3, -0.25) is 9.69 Å². The van der Waals surface area contributed by atoms with Crippen molar-refractivity contribution in [2.45, 2.75) is 24.8 Å². The van der Waals surface area contributed by atoms with Crippen LogP contribution >= 0.6 is 0 Å². The molecule has 1 amide bonds. The number of hydrogen-bond donors (Lipinski definition) is 0. The number of hydrogen-bond acceptors (Lipinski definition) is 5. The molecule has 1 aromatic heterocycles. The highest BCUT2D eigenvalue weighted by Gasteiger charge is 2.42. The van der Waals surface area contributed by atoms with Crippen molar-refractivity contribution < 1.29 is 4.79 Å². The van der Waals surface area contributed by atoms with Gasteiger partial charge in [0.2, 0.25) is 5.91 Å². The van der Waals surface area contributed by atoms with E-state index in [2.05, 4.69) is 34.5 Å². The Morgan fingerprint density at radius 2 is 2.24 bits per heavy atom. The van der Waals surface area contributed by atoms with Crippen LogP contribution < -0.4 is 4.90 Å². The first-order chi connectivity index (χ1) is 12.1. The molecule has 6 nitrogen and oxygen atoms in total. The minimum Gasteiger partial charge on any atom is -0.353 e. The lowest BCUT2D eigenvalue weighted by molar-refractivity contribution is -0.130. The molecule has 0 unspecified atom stereocenters. The van der Waals surface area contributed by atoms with Crippen molar-refractivity contribution in [1.82, 2.24) is 14.8 Å². The predicted octanol–water partition coefficient (Wildman–Crippen LogP) is 1.64. The average Bonchev–Trinajstić information content (AvgIpc) is 2.79. The van der Waals surface area contributed by atoms with E-state index in [1.807, 2.05) is 11.0 Å². The van der Waals surface area contributed by atoms with Crippen LogP contribution in [0.15, 0.2) is 31.0 Å². The van der Waals surface area contributed by atoms with Crippen LogP contribution in [0, 0.1) is 11.3 Å². The Bertz CT molecular complexity index is 697. The standard InChI is InChI=1S/C19H25N5O/c1-3-9-23-10-7-19(6-4-18(23)25)15-24(12-11-22(19)2)17-13-16(14-20)5-8-21-17/h3,5,8,13H,1,4,6-7,9-12,15H2,2H3/t19-/m0/s1. The Morgan fingerprint density at radius 1 is 1.40 bits per heavy atom. The quantitative estimate of drug-likeness (QED) is 0.784. The molecule has 1 atom stereocenters. The predicted molar refractivity (Wildman–Crippen MR) is 97.2 cm³/mol. The van der Waals surface area contributed by atoms with E-state index in [0.29, 0.717) is 18.5 Å². The third-order valence-corrected chi connectivity index (χ3v) is 5.55. The van der Waals surface area contributed by atoms with Crippen molar-refractivity contribution in [2.75, 3.05) is 44.7 Å². The van der Waals surface area contributed by atoms with Gasteiger partial charge < -0.3 is 9.80 Å². The number of amides is 1. The first-order valence-electron chi connectivity index (χ1n) is 8.79. The molecule has 3 heterocycles. The van der Waals surface area contributed by atoms with Crippen molar-refractivity contribution in [2.24, 2.45) is 0 Å². The van der Waals surface area contributed by atoms with Crippen LogP contribution in [0.3, 0.4) is 0 Å². The van der Waals surface area contributed by atoms with Crippen LogP contribution in [0.5, 0.6) is 0 Å². The Hall–Kier alpha value is -2.39. The highest BCUT2D eigenvalue weighted by molar-refractivity contribution is 5.76. The van der Waals surface area contributed by atoms with Crippen LogP contribution in [-0.4, -0.2) is 66.0 Å². The summed E-state index contributed by atoms with van der Waals surface area (Å²) in [7, 11) is 2.16. The lowest BCUT2D eigenvalue weighted by Gasteiger charge is -2.49. The number of rotatable bonds is 3. The van der Waals surface area contributed by atoms with E-state index in [4.69, 9.17) is 5.26 Å². The van der Waals surface area contributed by atoms with Gasteiger partial charge in [-0.15, -0.1) is 6.58 Å². The lowest BCUT2D eigenvalue weighted by Crippen LogP contribution is -2.61. The topological polar surface area (TPSA) is 63.5 Å². The summed E-state index contributed by atoms with van der Waals surface area (Å²) in [5, 5.41) is 9.14. The van der Waals surface area contributed by atoms with Crippen molar-refractivity contribution >= 4 is 11.7 Å². The van der Waals surface area contributed by atoms with Gasteiger partial charge in [0.1, 0.15) is 5.82 Å². The van der Waals surface area contributed by atoms with Gasteiger partial charge >= 0.3 is 0 Å². The molecule has 1 spiro atoms. The molecule has 6 heteroatoms. The second kappa shape index (κ2) is 7.24. The number of carbonyl (C=O) groups is 1. The minimum absolute atomic E-state index is 0.0336. The SMILES string of the molecule is C=CCN1CC[C@@]2(CCC1=O)CN(c1cc(C#N)ccn1)CCN2C. The number of likely N-dealkylation sites (N-methyl/N-ethyl adjacent to an activating group) is 1. The summed E-state index contributed by atoms with van der Waals surface area (Å²) in [6.45, 7) is 7.78. The number of nitrogens with zero attached hydrogens (tertiary/aromatic N) is 5. The summed E-state index contributed by atoms with van der Waals surface area (Å²) >= 11 is 0. The highest BCUT2D eigenvalue weighted by Crippen LogP contribution is 2.33. The Balaban J connectivity index is 1.81. The zero-order chi connectivity index (χ0) is 17.9. The molecule has 0 radical (unpaired) electrons. The first-order valence-corrected chi connectivity index (χ1v) is 8.79. The Kier molecular flexibility index (Phi) is 5.05. The molecular weight excluding hydrogens is 314 g/mol. The Labute approximate surface area is 149 Å². The van der Waals surface area contributed by atoms with E-state index in [9.17, 15) is 4.79 Å². The third kappa shape index (κ3) is 3.52. The van der Waals surface area contributed by atoms with Gasteiger partial charge in [0, 0.05) is 50.9 Å². The molecule has 2 aliphatic heterocycles. The van der Waals surface area contributed by atoms with Gasteiger partial charge in [-0.2, -0.15) is 5.26 Å². The van der Waals surface area contributed by atoms with Gasteiger partial charge in [0.15, 0.2) is 0 Å². The smallest absolute Gasteiger partial charge is 0.222 e. The number of likely N-dealkylation sites (tertiary alicyclic amines) is 1. The highest BCUT2D eigenvalue weighted by atomic mass is 16.2. The molecular formula is C19H25N5O. The van der Waals surface area contributed by atoms with Crippen LogP contribution in [0.4, 0.5) is 5.82 Å². The number of anilines is 1. The van der Waals surface area contributed by atoms with Crippen molar-refractivity contribution in [3.8, 4) is 6.07 Å². The average molecular weight is 339 g/mol. The van der Waals surface area contributed by atoms with Gasteiger partial charge in [-0.25, -0.2) is 4.98 Å². The Morgan fingerprint density at radius 3 is 3.00 bits per heavy atom. The van der Waals surface area contributed by atoms with Crippen LogP contribution in [0.2, 0.25) is 0 Å². The lowest BCUT2D eigenvalue weighted by atomic mass is 9.86. The summed E-state index contributed by atoms with van der Waals surface area (Å²) in [6, 6.07) is 5.77.